The molecular weight excluding hydrogens is 350 g/mol. The number of carbonyl (C=O) groups excluding carboxylic acids is 1. The van der Waals surface area contributed by atoms with Crippen molar-refractivity contribution in [3.8, 4) is 0 Å². The van der Waals surface area contributed by atoms with Crippen LogP contribution >= 0.6 is 0 Å². The molecule has 28 heavy (non-hydrogen) atoms. The molecule has 1 heterocycles. The molecule has 3 aromatic rings. The summed E-state index contributed by atoms with van der Waals surface area (Å²) in [4.78, 5) is 27.0. The van der Waals surface area contributed by atoms with Crippen LogP contribution in [0.15, 0.2) is 53.3 Å². The zero-order valence-electron chi connectivity index (χ0n) is 16.3. The maximum absolute atomic E-state index is 13.1. The fraction of sp³-hybridized carbons (Fsp3) is 0.348. The van der Waals surface area contributed by atoms with Gasteiger partial charge in [0.25, 0.3) is 5.56 Å². The minimum atomic E-state index is -0.226. The Morgan fingerprint density at radius 3 is 2.43 bits per heavy atom. The van der Waals surface area contributed by atoms with Crippen molar-refractivity contribution in [2.24, 2.45) is 0 Å². The first-order valence-electron chi connectivity index (χ1n) is 9.87. The normalized spacial score (nSPS) is 13.8. The average Bonchev–Trinajstić information content (AvgIpc) is 3.54. The third-order valence-corrected chi connectivity index (χ3v) is 5.40. The van der Waals surface area contributed by atoms with Crippen molar-refractivity contribution < 1.29 is 4.79 Å². The van der Waals surface area contributed by atoms with Crippen LogP contribution in [0.4, 0.5) is 0 Å². The van der Waals surface area contributed by atoms with Crippen molar-refractivity contribution in [2.45, 2.75) is 51.6 Å². The average molecular weight is 375 g/mol. The fourth-order valence-corrected chi connectivity index (χ4v) is 3.56. The summed E-state index contributed by atoms with van der Waals surface area (Å²) in [6, 6.07) is 16.1. The summed E-state index contributed by atoms with van der Waals surface area (Å²) in [5, 5.41) is 8.00. The zero-order valence-corrected chi connectivity index (χ0v) is 16.3. The number of hydrogen-bond acceptors (Lipinski definition) is 3. The molecule has 1 aromatic heterocycles. The van der Waals surface area contributed by atoms with Gasteiger partial charge in [-0.25, -0.2) is 5.10 Å². The Bertz CT molecular complexity index is 1050. The lowest BCUT2D eigenvalue weighted by molar-refractivity contribution is -0.131. The van der Waals surface area contributed by atoms with Crippen LogP contribution < -0.4 is 5.56 Å². The van der Waals surface area contributed by atoms with Gasteiger partial charge in [0.05, 0.1) is 17.5 Å². The van der Waals surface area contributed by atoms with Gasteiger partial charge in [-0.1, -0.05) is 56.3 Å². The number of aromatic amines is 1. The molecule has 1 fully saturated rings. The first-order chi connectivity index (χ1) is 13.5. The van der Waals surface area contributed by atoms with Crippen molar-refractivity contribution in [2.75, 3.05) is 0 Å². The van der Waals surface area contributed by atoms with E-state index in [2.05, 4.69) is 48.3 Å². The number of nitrogens with zero attached hydrogens (tertiary/aromatic N) is 2. The molecule has 0 atom stereocenters. The van der Waals surface area contributed by atoms with E-state index < -0.39 is 0 Å². The largest absolute Gasteiger partial charge is 0.335 e. The fourth-order valence-electron chi connectivity index (χ4n) is 3.56. The quantitative estimate of drug-likeness (QED) is 0.713. The number of nitrogens with one attached hydrogen (secondary N) is 1. The summed E-state index contributed by atoms with van der Waals surface area (Å²) >= 11 is 0. The van der Waals surface area contributed by atoms with Gasteiger partial charge in [0.15, 0.2) is 0 Å². The third kappa shape index (κ3) is 3.84. The smallest absolute Gasteiger partial charge is 0.272 e. The molecule has 4 rings (SSSR count). The van der Waals surface area contributed by atoms with Gasteiger partial charge in [-0.2, -0.15) is 5.10 Å². The third-order valence-electron chi connectivity index (χ3n) is 5.40. The summed E-state index contributed by atoms with van der Waals surface area (Å²) in [6.07, 6.45) is 2.29. The number of fused-ring (bicyclic) bond motifs is 1. The standard InChI is InChI=1S/C23H25N3O2/c1-15(2)17-9-7-16(8-10-17)14-26(18-11-12-18)22(27)13-21-19-5-3-4-6-20(19)23(28)25-24-21/h3-10,15,18H,11-14H2,1-2H3,(H,25,28). The van der Waals surface area contributed by atoms with Crippen molar-refractivity contribution in [3.63, 3.8) is 0 Å². The van der Waals surface area contributed by atoms with Crippen molar-refractivity contribution in [1.82, 2.24) is 15.1 Å². The maximum atomic E-state index is 13.1. The van der Waals surface area contributed by atoms with Crippen LogP contribution in [0.1, 0.15) is 49.4 Å². The summed E-state index contributed by atoms with van der Waals surface area (Å²) in [5.41, 5.74) is 2.85. The lowest BCUT2D eigenvalue weighted by atomic mass is 10.0. The molecule has 144 valence electrons. The highest BCUT2D eigenvalue weighted by Crippen LogP contribution is 2.29. The molecule has 0 bridgehead atoms. The Labute approximate surface area is 164 Å². The minimum Gasteiger partial charge on any atom is -0.335 e. The predicted molar refractivity (Wildman–Crippen MR) is 110 cm³/mol. The topological polar surface area (TPSA) is 66.1 Å². The van der Waals surface area contributed by atoms with Crippen LogP contribution in [0, 0.1) is 0 Å². The molecule has 1 amide bonds. The van der Waals surface area contributed by atoms with E-state index in [1.807, 2.05) is 23.1 Å². The number of H-pyrrole nitrogens is 1. The molecule has 2 aromatic carbocycles. The van der Waals surface area contributed by atoms with Crippen LogP contribution in [0.5, 0.6) is 0 Å². The highest BCUT2D eigenvalue weighted by molar-refractivity contribution is 5.88. The monoisotopic (exact) mass is 375 g/mol. The highest BCUT2D eigenvalue weighted by Gasteiger charge is 2.32. The van der Waals surface area contributed by atoms with Crippen LogP contribution in [0.3, 0.4) is 0 Å². The predicted octanol–water partition coefficient (Wildman–Crippen LogP) is 3.78. The Hall–Kier alpha value is -2.95. The van der Waals surface area contributed by atoms with Crippen LogP contribution in [0.25, 0.3) is 10.8 Å². The molecule has 0 unspecified atom stereocenters. The molecule has 5 nitrogen and oxygen atoms in total. The number of benzene rings is 2. The second-order valence-corrected chi connectivity index (χ2v) is 7.87. The molecule has 0 radical (unpaired) electrons. The molecule has 0 saturated heterocycles. The van der Waals surface area contributed by atoms with E-state index in [-0.39, 0.29) is 17.9 Å². The van der Waals surface area contributed by atoms with E-state index in [0.29, 0.717) is 29.6 Å². The molecular formula is C23H25N3O2. The molecule has 1 aliphatic rings. The summed E-state index contributed by atoms with van der Waals surface area (Å²) in [6.45, 7) is 4.97. The summed E-state index contributed by atoms with van der Waals surface area (Å²) in [7, 11) is 0. The molecule has 1 N–H and O–H groups in total. The number of amides is 1. The zero-order chi connectivity index (χ0) is 19.7. The molecule has 1 saturated carbocycles. The van der Waals surface area contributed by atoms with Gasteiger partial charge in [-0.15, -0.1) is 0 Å². The highest BCUT2D eigenvalue weighted by atomic mass is 16.2. The van der Waals surface area contributed by atoms with Gasteiger partial charge in [0, 0.05) is 18.0 Å². The van der Waals surface area contributed by atoms with E-state index in [1.165, 1.54) is 5.56 Å². The number of rotatable bonds is 6. The van der Waals surface area contributed by atoms with Crippen LogP contribution in [-0.4, -0.2) is 27.0 Å². The van der Waals surface area contributed by atoms with Gasteiger partial charge in [0.1, 0.15) is 0 Å². The molecule has 0 spiro atoms. The lowest BCUT2D eigenvalue weighted by Crippen LogP contribution is -2.34. The van der Waals surface area contributed by atoms with Crippen molar-refractivity contribution >= 4 is 16.7 Å². The van der Waals surface area contributed by atoms with Crippen molar-refractivity contribution in [1.29, 1.82) is 0 Å². The van der Waals surface area contributed by atoms with E-state index in [0.717, 1.165) is 23.8 Å². The van der Waals surface area contributed by atoms with Crippen LogP contribution in [0.2, 0.25) is 0 Å². The molecule has 5 heteroatoms. The van der Waals surface area contributed by atoms with Gasteiger partial charge < -0.3 is 4.90 Å². The first-order valence-corrected chi connectivity index (χ1v) is 9.87. The number of hydrogen-bond donors (Lipinski definition) is 1. The van der Waals surface area contributed by atoms with E-state index in [9.17, 15) is 9.59 Å². The lowest BCUT2D eigenvalue weighted by Gasteiger charge is -2.23. The van der Waals surface area contributed by atoms with E-state index >= 15 is 0 Å². The van der Waals surface area contributed by atoms with Crippen LogP contribution in [-0.2, 0) is 17.8 Å². The Balaban J connectivity index is 1.55. The van der Waals surface area contributed by atoms with E-state index in [1.54, 1.807) is 6.07 Å². The first kappa shape index (κ1) is 18.4. The molecule has 1 aliphatic carbocycles. The van der Waals surface area contributed by atoms with Gasteiger partial charge in [-0.3, -0.25) is 9.59 Å². The summed E-state index contributed by atoms with van der Waals surface area (Å²) in [5.74, 6) is 0.551. The van der Waals surface area contributed by atoms with Crippen molar-refractivity contribution in [3.05, 3.63) is 75.7 Å². The van der Waals surface area contributed by atoms with Gasteiger partial charge >= 0.3 is 0 Å². The number of carbonyl (C=O) groups is 1. The Morgan fingerprint density at radius 2 is 1.79 bits per heavy atom. The molecule has 0 aliphatic heterocycles. The maximum Gasteiger partial charge on any atom is 0.272 e. The second kappa shape index (κ2) is 7.58. The van der Waals surface area contributed by atoms with Gasteiger partial charge in [0.2, 0.25) is 5.91 Å². The van der Waals surface area contributed by atoms with E-state index in [4.69, 9.17) is 0 Å². The number of aromatic nitrogens is 2. The Kier molecular flexibility index (Phi) is 4.99. The minimum absolute atomic E-state index is 0.0557. The second-order valence-electron chi connectivity index (χ2n) is 7.87. The SMILES string of the molecule is CC(C)c1ccc(CN(C(=O)Cc2n[nH]c(=O)c3ccccc23)C2CC2)cc1. The Morgan fingerprint density at radius 1 is 1.11 bits per heavy atom. The summed E-state index contributed by atoms with van der Waals surface area (Å²) < 4.78 is 0. The van der Waals surface area contributed by atoms with Gasteiger partial charge in [-0.05, 0) is 36.0 Å².